The first-order chi connectivity index (χ1) is 14.0. The van der Waals surface area contributed by atoms with Gasteiger partial charge in [0.1, 0.15) is 0 Å². The molecule has 2 amide bonds. The SMILES string of the molecule is Cc1cccc(N2CCN(C(=O)N3CCN(c4cccc(C)c4C)CC3)CC2)c1. The first-order valence-corrected chi connectivity index (χ1v) is 10.7. The van der Waals surface area contributed by atoms with Crippen molar-refractivity contribution < 1.29 is 4.79 Å². The van der Waals surface area contributed by atoms with Gasteiger partial charge in [-0.1, -0.05) is 24.3 Å². The summed E-state index contributed by atoms with van der Waals surface area (Å²) in [5, 5.41) is 0. The second-order valence-corrected chi connectivity index (χ2v) is 8.29. The Kier molecular flexibility index (Phi) is 5.65. The zero-order valence-electron chi connectivity index (χ0n) is 17.9. The minimum atomic E-state index is 0.203. The van der Waals surface area contributed by atoms with Gasteiger partial charge < -0.3 is 19.6 Å². The molecule has 0 saturated carbocycles. The van der Waals surface area contributed by atoms with E-state index in [2.05, 4.69) is 73.0 Å². The summed E-state index contributed by atoms with van der Waals surface area (Å²) in [6.45, 7) is 13.3. The van der Waals surface area contributed by atoms with Crippen molar-refractivity contribution >= 4 is 17.4 Å². The van der Waals surface area contributed by atoms with Gasteiger partial charge in [0.05, 0.1) is 0 Å². The Balaban J connectivity index is 1.31. The zero-order chi connectivity index (χ0) is 20.4. The largest absolute Gasteiger partial charge is 0.368 e. The number of amides is 2. The van der Waals surface area contributed by atoms with Crippen LogP contribution in [-0.4, -0.2) is 68.2 Å². The molecule has 0 N–H and O–H groups in total. The number of nitrogens with zero attached hydrogens (tertiary/aromatic N) is 4. The van der Waals surface area contributed by atoms with Crippen molar-refractivity contribution in [3.8, 4) is 0 Å². The van der Waals surface area contributed by atoms with E-state index in [4.69, 9.17) is 0 Å². The van der Waals surface area contributed by atoms with Crippen LogP contribution in [0, 0.1) is 20.8 Å². The maximum Gasteiger partial charge on any atom is 0.320 e. The summed E-state index contributed by atoms with van der Waals surface area (Å²) in [5.41, 5.74) is 6.53. The van der Waals surface area contributed by atoms with Gasteiger partial charge in [-0.15, -0.1) is 0 Å². The van der Waals surface area contributed by atoms with Gasteiger partial charge in [-0.05, 0) is 55.7 Å². The summed E-state index contributed by atoms with van der Waals surface area (Å²) in [4.78, 5) is 21.9. The molecule has 0 unspecified atom stereocenters. The molecule has 2 aromatic rings. The molecular formula is C24H32N4O. The summed E-state index contributed by atoms with van der Waals surface area (Å²) >= 11 is 0. The van der Waals surface area contributed by atoms with Crippen LogP contribution in [0.5, 0.6) is 0 Å². The number of carbonyl (C=O) groups is 1. The summed E-state index contributed by atoms with van der Waals surface area (Å²) in [5.74, 6) is 0. The predicted octanol–water partition coefficient (Wildman–Crippen LogP) is 3.68. The molecule has 0 bridgehead atoms. The van der Waals surface area contributed by atoms with Gasteiger partial charge >= 0.3 is 6.03 Å². The van der Waals surface area contributed by atoms with Gasteiger partial charge in [0, 0.05) is 63.7 Å². The number of benzene rings is 2. The maximum absolute atomic E-state index is 13.0. The predicted molar refractivity (Wildman–Crippen MR) is 120 cm³/mol. The lowest BCUT2D eigenvalue weighted by Gasteiger charge is -2.42. The molecule has 5 heteroatoms. The highest BCUT2D eigenvalue weighted by molar-refractivity contribution is 5.75. The first-order valence-electron chi connectivity index (χ1n) is 10.7. The van der Waals surface area contributed by atoms with E-state index in [1.807, 2.05) is 9.80 Å². The third-order valence-corrected chi connectivity index (χ3v) is 6.38. The van der Waals surface area contributed by atoms with Crippen molar-refractivity contribution in [1.82, 2.24) is 9.80 Å². The Labute approximate surface area is 174 Å². The quantitative estimate of drug-likeness (QED) is 0.781. The molecule has 2 aliphatic heterocycles. The van der Waals surface area contributed by atoms with Crippen LogP contribution >= 0.6 is 0 Å². The molecule has 4 rings (SSSR count). The molecule has 2 aromatic carbocycles. The number of hydrogen-bond acceptors (Lipinski definition) is 3. The smallest absolute Gasteiger partial charge is 0.320 e. The Morgan fingerprint density at radius 1 is 0.724 bits per heavy atom. The van der Waals surface area contributed by atoms with Crippen LogP contribution in [0.15, 0.2) is 42.5 Å². The number of anilines is 2. The highest BCUT2D eigenvalue weighted by Crippen LogP contribution is 2.24. The fraction of sp³-hybridized carbons (Fsp3) is 0.458. The summed E-state index contributed by atoms with van der Waals surface area (Å²) in [6, 6.07) is 15.3. The van der Waals surface area contributed by atoms with Crippen LogP contribution < -0.4 is 9.80 Å². The lowest BCUT2D eigenvalue weighted by Crippen LogP contribution is -2.57. The number of aryl methyl sites for hydroxylation is 2. The molecule has 2 aliphatic rings. The van der Waals surface area contributed by atoms with Crippen LogP contribution in [-0.2, 0) is 0 Å². The van der Waals surface area contributed by atoms with Gasteiger partial charge in [-0.2, -0.15) is 0 Å². The Bertz CT molecular complexity index is 865. The molecule has 0 radical (unpaired) electrons. The molecule has 0 atom stereocenters. The highest BCUT2D eigenvalue weighted by atomic mass is 16.2. The molecular weight excluding hydrogens is 360 g/mol. The molecule has 154 valence electrons. The summed E-state index contributed by atoms with van der Waals surface area (Å²) in [6.07, 6.45) is 0. The number of urea groups is 1. The molecule has 2 heterocycles. The molecule has 0 spiro atoms. The van der Waals surface area contributed by atoms with Crippen molar-refractivity contribution in [2.75, 3.05) is 62.2 Å². The standard InChI is InChI=1S/C24H32N4O/c1-19-6-4-8-22(18-19)25-10-14-27(15-11-25)24(29)28-16-12-26(13-17-28)23-9-5-7-20(2)21(23)3/h4-9,18H,10-17H2,1-3H3. The van der Waals surface area contributed by atoms with Gasteiger partial charge in [-0.25, -0.2) is 4.79 Å². The fourth-order valence-electron chi connectivity index (χ4n) is 4.40. The molecule has 0 aliphatic carbocycles. The zero-order valence-corrected chi connectivity index (χ0v) is 17.9. The highest BCUT2D eigenvalue weighted by Gasteiger charge is 2.28. The third kappa shape index (κ3) is 4.19. The van der Waals surface area contributed by atoms with Crippen molar-refractivity contribution in [1.29, 1.82) is 0 Å². The fourth-order valence-corrected chi connectivity index (χ4v) is 4.40. The maximum atomic E-state index is 13.0. The van der Waals surface area contributed by atoms with Gasteiger partial charge in [0.2, 0.25) is 0 Å². The van der Waals surface area contributed by atoms with Crippen molar-refractivity contribution in [3.63, 3.8) is 0 Å². The number of hydrogen-bond donors (Lipinski definition) is 0. The van der Waals surface area contributed by atoms with Crippen LogP contribution in [0.25, 0.3) is 0 Å². The van der Waals surface area contributed by atoms with E-state index in [1.165, 1.54) is 28.1 Å². The van der Waals surface area contributed by atoms with Crippen LogP contribution in [0.3, 0.4) is 0 Å². The van der Waals surface area contributed by atoms with Crippen molar-refractivity contribution in [3.05, 3.63) is 59.2 Å². The van der Waals surface area contributed by atoms with E-state index in [0.717, 1.165) is 52.4 Å². The van der Waals surface area contributed by atoms with Crippen molar-refractivity contribution in [2.24, 2.45) is 0 Å². The molecule has 29 heavy (non-hydrogen) atoms. The van der Waals surface area contributed by atoms with Crippen molar-refractivity contribution in [2.45, 2.75) is 20.8 Å². The minimum Gasteiger partial charge on any atom is -0.368 e. The number of carbonyl (C=O) groups excluding carboxylic acids is 1. The topological polar surface area (TPSA) is 30.0 Å². The monoisotopic (exact) mass is 392 g/mol. The summed E-state index contributed by atoms with van der Waals surface area (Å²) < 4.78 is 0. The average Bonchev–Trinajstić information content (AvgIpc) is 2.75. The molecule has 2 fully saturated rings. The Hall–Kier alpha value is -2.69. The second kappa shape index (κ2) is 8.36. The van der Waals surface area contributed by atoms with E-state index in [0.29, 0.717) is 0 Å². The number of rotatable bonds is 2. The minimum absolute atomic E-state index is 0.203. The van der Waals surface area contributed by atoms with Crippen LogP contribution in [0.1, 0.15) is 16.7 Å². The van der Waals surface area contributed by atoms with Crippen LogP contribution in [0.2, 0.25) is 0 Å². The number of piperazine rings is 2. The first kappa shape index (κ1) is 19.6. The van der Waals surface area contributed by atoms with E-state index in [1.54, 1.807) is 0 Å². The second-order valence-electron chi connectivity index (χ2n) is 8.29. The Morgan fingerprint density at radius 3 is 1.93 bits per heavy atom. The molecule has 2 saturated heterocycles. The van der Waals surface area contributed by atoms with Gasteiger partial charge in [0.15, 0.2) is 0 Å². The summed E-state index contributed by atoms with van der Waals surface area (Å²) in [7, 11) is 0. The van der Waals surface area contributed by atoms with E-state index < -0.39 is 0 Å². The third-order valence-electron chi connectivity index (χ3n) is 6.38. The van der Waals surface area contributed by atoms with Gasteiger partial charge in [-0.3, -0.25) is 0 Å². The normalized spacial score (nSPS) is 17.6. The Morgan fingerprint density at radius 2 is 1.31 bits per heavy atom. The van der Waals surface area contributed by atoms with E-state index in [9.17, 15) is 4.79 Å². The van der Waals surface area contributed by atoms with E-state index in [-0.39, 0.29) is 6.03 Å². The van der Waals surface area contributed by atoms with Gasteiger partial charge in [0.25, 0.3) is 0 Å². The molecule has 0 aromatic heterocycles. The van der Waals surface area contributed by atoms with Crippen LogP contribution in [0.4, 0.5) is 16.2 Å². The lowest BCUT2D eigenvalue weighted by atomic mass is 10.1. The average molecular weight is 393 g/mol. The van der Waals surface area contributed by atoms with E-state index >= 15 is 0 Å². The molecule has 5 nitrogen and oxygen atoms in total. The lowest BCUT2D eigenvalue weighted by molar-refractivity contribution is 0.147.